The summed E-state index contributed by atoms with van der Waals surface area (Å²) in [5.74, 6) is -0.194. The summed E-state index contributed by atoms with van der Waals surface area (Å²) in [6.45, 7) is 5.71. The Kier molecular flexibility index (Phi) is 5.55. The van der Waals surface area contributed by atoms with Crippen molar-refractivity contribution in [2.24, 2.45) is 0 Å². The molecule has 0 amide bonds. The second-order valence-corrected chi connectivity index (χ2v) is 6.27. The van der Waals surface area contributed by atoms with Crippen LogP contribution in [-0.2, 0) is 6.54 Å². The fourth-order valence-electron chi connectivity index (χ4n) is 1.39. The Bertz CT molecular complexity index is 390. The van der Waals surface area contributed by atoms with E-state index in [1.165, 1.54) is 12.1 Å². The SMILES string of the molecule is CSC(C)(C)CNCc1ccc(OC(F)(F)F)cc1. The predicted molar refractivity (Wildman–Crippen MR) is 72.4 cm³/mol. The fourth-order valence-corrected chi connectivity index (χ4v) is 1.64. The van der Waals surface area contributed by atoms with Gasteiger partial charge in [0, 0.05) is 17.8 Å². The highest BCUT2D eigenvalue weighted by molar-refractivity contribution is 7.99. The van der Waals surface area contributed by atoms with E-state index in [2.05, 4.69) is 23.9 Å². The van der Waals surface area contributed by atoms with Crippen LogP contribution in [0.5, 0.6) is 5.75 Å². The van der Waals surface area contributed by atoms with E-state index < -0.39 is 6.36 Å². The number of benzene rings is 1. The van der Waals surface area contributed by atoms with Crippen molar-refractivity contribution in [1.82, 2.24) is 5.32 Å². The van der Waals surface area contributed by atoms with Crippen molar-refractivity contribution in [2.45, 2.75) is 31.5 Å². The van der Waals surface area contributed by atoms with E-state index in [9.17, 15) is 13.2 Å². The Hall–Kier alpha value is -0.880. The van der Waals surface area contributed by atoms with Crippen LogP contribution in [0, 0.1) is 0 Å². The normalized spacial score (nSPS) is 12.5. The number of alkyl halides is 3. The van der Waals surface area contributed by atoms with Crippen molar-refractivity contribution in [1.29, 1.82) is 0 Å². The van der Waals surface area contributed by atoms with Gasteiger partial charge in [0.2, 0.25) is 0 Å². The molecule has 2 nitrogen and oxygen atoms in total. The molecule has 1 N–H and O–H groups in total. The summed E-state index contributed by atoms with van der Waals surface area (Å²) in [5, 5.41) is 3.28. The third kappa shape index (κ3) is 6.73. The van der Waals surface area contributed by atoms with Gasteiger partial charge in [0.15, 0.2) is 0 Å². The maximum absolute atomic E-state index is 12.0. The smallest absolute Gasteiger partial charge is 0.406 e. The molecule has 0 bridgehead atoms. The Morgan fingerprint density at radius 1 is 1.16 bits per heavy atom. The van der Waals surface area contributed by atoms with Crippen molar-refractivity contribution < 1.29 is 17.9 Å². The zero-order chi connectivity index (χ0) is 14.5. The van der Waals surface area contributed by atoms with Gasteiger partial charge in [-0.2, -0.15) is 11.8 Å². The maximum atomic E-state index is 12.0. The molecular formula is C13H18F3NOS. The molecule has 1 aromatic carbocycles. The first kappa shape index (κ1) is 16.2. The first-order valence-electron chi connectivity index (χ1n) is 5.82. The quantitative estimate of drug-likeness (QED) is 0.861. The van der Waals surface area contributed by atoms with E-state index in [1.54, 1.807) is 23.9 Å². The molecule has 19 heavy (non-hydrogen) atoms. The van der Waals surface area contributed by atoms with Crippen LogP contribution in [0.15, 0.2) is 24.3 Å². The summed E-state index contributed by atoms with van der Waals surface area (Å²) >= 11 is 1.76. The summed E-state index contributed by atoms with van der Waals surface area (Å²) < 4.78 is 39.9. The van der Waals surface area contributed by atoms with E-state index in [4.69, 9.17) is 0 Å². The van der Waals surface area contributed by atoms with Gasteiger partial charge in [-0.15, -0.1) is 13.2 Å². The van der Waals surface area contributed by atoms with Crippen LogP contribution in [0.2, 0.25) is 0 Å². The van der Waals surface area contributed by atoms with Crippen molar-refractivity contribution in [3.8, 4) is 5.75 Å². The molecule has 0 spiro atoms. The van der Waals surface area contributed by atoms with Crippen LogP contribution < -0.4 is 10.1 Å². The summed E-state index contributed by atoms with van der Waals surface area (Å²) in [6, 6.07) is 5.90. The standard InChI is InChI=1S/C13H18F3NOS/c1-12(2,19-3)9-17-8-10-4-6-11(7-5-10)18-13(14,15)16/h4-7,17H,8-9H2,1-3H3. The summed E-state index contributed by atoms with van der Waals surface area (Å²) in [4.78, 5) is 0. The monoisotopic (exact) mass is 293 g/mol. The number of thioether (sulfide) groups is 1. The van der Waals surface area contributed by atoms with Gasteiger partial charge in [-0.25, -0.2) is 0 Å². The Morgan fingerprint density at radius 3 is 2.21 bits per heavy atom. The van der Waals surface area contributed by atoms with E-state index in [0.717, 1.165) is 12.1 Å². The topological polar surface area (TPSA) is 21.3 Å². The van der Waals surface area contributed by atoms with Gasteiger partial charge in [0.1, 0.15) is 5.75 Å². The maximum Gasteiger partial charge on any atom is 0.573 e. The van der Waals surface area contributed by atoms with Crippen LogP contribution in [0.1, 0.15) is 19.4 Å². The number of nitrogens with one attached hydrogen (secondary N) is 1. The van der Waals surface area contributed by atoms with Crippen LogP contribution in [-0.4, -0.2) is 23.9 Å². The molecular weight excluding hydrogens is 275 g/mol. The molecule has 1 aromatic rings. The fraction of sp³-hybridized carbons (Fsp3) is 0.538. The molecule has 0 fully saturated rings. The van der Waals surface area contributed by atoms with Crippen molar-refractivity contribution in [2.75, 3.05) is 12.8 Å². The zero-order valence-electron chi connectivity index (χ0n) is 11.2. The molecule has 0 heterocycles. The highest BCUT2D eigenvalue weighted by atomic mass is 32.2. The lowest BCUT2D eigenvalue weighted by Crippen LogP contribution is -2.31. The van der Waals surface area contributed by atoms with E-state index in [-0.39, 0.29) is 10.5 Å². The summed E-state index contributed by atoms with van der Waals surface area (Å²) in [6.07, 6.45) is -2.59. The van der Waals surface area contributed by atoms with Crippen molar-refractivity contribution in [3.63, 3.8) is 0 Å². The van der Waals surface area contributed by atoms with Crippen LogP contribution in [0.3, 0.4) is 0 Å². The van der Waals surface area contributed by atoms with Gasteiger partial charge in [0.25, 0.3) is 0 Å². The van der Waals surface area contributed by atoms with Gasteiger partial charge < -0.3 is 10.1 Å². The molecule has 0 saturated carbocycles. The van der Waals surface area contributed by atoms with E-state index >= 15 is 0 Å². The third-order valence-electron chi connectivity index (χ3n) is 2.59. The highest BCUT2D eigenvalue weighted by Crippen LogP contribution is 2.23. The molecule has 0 aromatic heterocycles. The zero-order valence-corrected chi connectivity index (χ0v) is 12.0. The molecule has 6 heteroatoms. The Morgan fingerprint density at radius 2 is 1.74 bits per heavy atom. The Balaban J connectivity index is 2.45. The van der Waals surface area contributed by atoms with E-state index in [1.807, 2.05) is 6.26 Å². The minimum absolute atomic E-state index is 0.138. The molecule has 0 aliphatic carbocycles. The molecule has 0 aliphatic heterocycles. The lowest BCUT2D eigenvalue weighted by Gasteiger charge is -2.22. The largest absolute Gasteiger partial charge is 0.573 e. The second-order valence-electron chi connectivity index (χ2n) is 4.76. The number of rotatable bonds is 6. The molecule has 0 atom stereocenters. The molecule has 0 radical (unpaired) electrons. The minimum atomic E-state index is -4.64. The van der Waals surface area contributed by atoms with Crippen molar-refractivity contribution in [3.05, 3.63) is 29.8 Å². The third-order valence-corrected chi connectivity index (χ3v) is 3.84. The molecule has 1 rings (SSSR count). The Labute approximate surface area is 115 Å². The van der Waals surface area contributed by atoms with Gasteiger partial charge in [-0.3, -0.25) is 0 Å². The second kappa shape index (κ2) is 6.52. The van der Waals surface area contributed by atoms with Gasteiger partial charge in [-0.1, -0.05) is 12.1 Å². The highest BCUT2D eigenvalue weighted by Gasteiger charge is 2.30. The molecule has 108 valence electrons. The molecule has 0 unspecified atom stereocenters. The minimum Gasteiger partial charge on any atom is -0.406 e. The van der Waals surface area contributed by atoms with E-state index in [0.29, 0.717) is 6.54 Å². The van der Waals surface area contributed by atoms with Gasteiger partial charge in [-0.05, 0) is 37.8 Å². The van der Waals surface area contributed by atoms with Crippen LogP contribution in [0.25, 0.3) is 0 Å². The number of hydrogen-bond donors (Lipinski definition) is 1. The van der Waals surface area contributed by atoms with Gasteiger partial charge >= 0.3 is 6.36 Å². The van der Waals surface area contributed by atoms with Crippen molar-refractivity contribution >= 4 is 11.8 Å². The molecule has 0 saturated heterocycles. The molecule has 0 aliphatic rings. The summed E-state index contributed by atoms with van der Waals surface area (Å²) in [7, 11) is 0. The number of halogens is 3. The van der Waals surface area contributed by atoms with Gasteiger partial charge in [0.05, 0.1) is 0 Å². The lowest BCUT2D eigenvalue weighted by molar-refractivity contribution is -0.274. The van der Waals surface area contributed by atoms with Crippen LogP contribution >= 0.6 is 11.8 Å². The average Bonchev–Trinajstić information content (AvgIpc) is 2.29. The van der Waals surface area contributed by atoms with Crippen LogP contribution in [0.4, 0.5) is 13.2 Å². The first-order valence-corrected chi connectivity index (χ1v) is 7.05. The summed E-state index contributed by atoms with van der Waals surface area (Å²) in [5.41, 5.74) is 0.923. The lowest BCUT2D eigenvalue weighted by atomic mass is 10.2. The first-order chi connectivity index (χ1) is 8.72. The number of hydrogen-bond acceptors (Lipinski definition) is 3. The predicted octanol–water partition coefficient (Wildman–Crippen LogP) is 3.82. The number of ether oxygens (including phenoxy) is 1. The average molecular weight is 293 g/mol.